The fourth-order valence-corrected chi connectivity index (χ4v) is 1.97. The molecule has 0 aromatic rings. The SMILES string of the molecule is CCCCCCCCCCCC(=O)C(O)(O)C(C)=O. The van der Waals surface area contributed by atoms with E-state index in [2.05, 4.69) is 6.92 Å². The lowest BCUT2D eigenvalue weighted by atomic mass is 10.0. The van der Waals surface area contributed by atoms with Crippen LogP contribution in [-0.2, 0) is 9.59 Å². The average molecular weight is 272 g/mol. The van der Waals surface area contributed by atoms with Crippen molar-refractivity contribution in [2.24, 2.45) is 0 Å². The molecule has 112 valence electrons. The van der Waals surface area contributed by atoms with Gasteiger partial charge in [0, 0.05) is 13.3 Å². The van der Waals surface area contributed by atoms with Gasteiger partial charge in [0.2, 0.25) is 0 Å². The summed E-state index contributed by atoms with van der Waals surface area (Å²) in [5, 5.41) is 18.5. The Balaban J connectivity index is 3.50. The van der Waals surface area contributed by atoms with Crippen LogP contribution in [0.4, 0.5) is 0 Å². The van der Waals surface area contributed by atoms with E-state index < -0.39 is 17.4 Å². The largest absolute Gasteiger partial charge is 0.354 e. The summed E-state index contributed by atoms with van der Waals surface area (Å²) in [6, 6.07) is 0. The maximum absolute atomic E-state index is 11.4. The molecule has 0 amide bonds. The van der Waals surface area contributed by atoms with Crippen molar-refractivity contribution >= 4 is 11.6 Å². The first-order valence-electron chi connectivity index (χ1n) is 7.42. The molecule has 0 saturated heterocycles. The number of hydrogen-bond acceptors (Lipinski definition) is 4. The molecule has 0 aliphatic rings. The van der Waals surface area contributed by atoms with Gasteiger partial charge in [0.15, 0.2) is 11.6 Å². The van der Waals surface area contributed by atoms with Crippen molar-refractivity contribution in [2.75, 3.05) is 0 Å². The van der Waals surface area contributed by atoms with Gasteiger partial charge in [0.05, 0.1) is 0 Å². The van der Waals surface area contributed by atoms with Gasteiger partial charge in [0.1, 0.15) is 0 Å². The molecule has 0 atom stereocenters. The molecule has 0 aromatic heterocycles. The zero-order valence-corrected chi connectivity index (χ0v) is 12.3. The van der Waals surface area contributed by atoms with E-state index >= 15 is 0 Å². The van der Waals surface area contributed by atoms with Crippen molar-refractivity contribution in [3.8, 4) is 0 Å². The molecule has 0 rings (SSSR count). The Morgan fingerprint density at radius 3 is 1.68 bits per heavy atom. The first kappa shape index (κ1) is 18.3. The smallest absolute Gasteiger partial charge is 0.285 e. The Kier molecular flexibility index (Phi) is 9.70. The average Bonchev–Trinajstić information content (AvgIpc) is 2.36. The maximum Gasteiger partial charge on any atom is 0.285 e. The van der Waals surface area contributed by atoms with Crippen molar-refractivity contribution < 1.29 is 19.8 Å². The predicted octanol–water partition coefficient (Wildman–Crippen LogP) is 2.75. The van der Waals surface area contributed by atoms with Crippen LogP contribution in [0.1, 0.15) is 78.1 Å². The lowest BCUT2D eigenvalue weighted by molar-refractivity contribution is -0.187. The van der Waals surface area contributed by atoms with Crippen LogP contribution < -0.4 is 0 Å². The Morgan fingerprint density at radius 1 is 0.842 bits per heavy atom. The predicted molar refractivity (Wildman–Crippen MR) is 74.7 cm³/mol. The van der Waals surface area contributed by atoms with Gasteiger partial charge in [-0.25, -0.2) is 0 Å². The molecule has 0 saturated carbocycles. The van der Waals surface area contributed by atoms with E-state index in [1.165, 1.54) is 32.1 Å². The van der Waals surface area contributed by atoms with E-state index in [0.29, 0.717) is 6.42 Å². The molecule has 0 aliphatic heterocycles. The second-order valence-corrected chi connectivity index (χ2v) is 5.23. The Labute approximate surface area is 116 Å². The zero-order chi connectivity index (χ0) is 14.7. The van der Waals surface area contributed by atoms with Crippen molar-refractivity contribution in [2.45, 2.75) is 83.8 Å². The van der Waals surface area contributed by atoms with Crippen LogP contribution in [0.3, 0.4) is 0 Å². The summed E-state index contributed by atoms with van der Waals surface area (Å²) in [4.78, 5) is 22.2. The van der Waals surface area contributed by atoms with E-state index in [0.717, 1.165) is 26.2 Å². The third kappa shape index (κ3) is 8.11. The number of Topliss-reactive ketones (excluding diaryl/α,β-unsaturated/α-hetero) is 2. The number of aliphatic hydroxyl groups is 2. The van der Waals surface area contributed by atoms with E-state index in [4.69, 9.17) is 0 Å². The molecule has 0 aliphatic carbocycles. The Morgan fingerprint density at radius 2 is 1.26 bits per heavy atom. The number of carbonyl (C=O) groups is 2. The first-order valence-corrected chi connectivity index (χ1v) is 7.42. The van der Waals surface area contributed by atoms with Crippen molar-refractivity contribution in [1.82, 2.24) is 0 Å². The summed E-state index contributed by atoms with van der Waals surface area (Å²) in [6.07, 6.45) is 10.1. The van der Waals surface area contributed by atoms with Crippen LogP contribution in [0, 0.1) is 0 Å². The number of ketones is 2. The third-order valence-electron chi connectivity index (χ3n) is 3.39. The second kappa shape index (κ2) is 10.1. The minimum atomic E-state index is -2.78. The highest BCUT2D eigenvalue weighted by Crippen LogP contribution is 2.13. The summed E-state index contributed by atoms with van der Waals surface area (Å²) >= 11 is 0. The summed E-state index contributed by atoms with van der Waals surface area (Å²) in [5.74, 6) is -4.48. The minimum absolute atomic E-state index is 0.0580. The van der Waals surface area contributed by atoms with E-state index in [1.807, 2.05) is 0 Å². The first-order chi connectivity index (χ1) is 8.92. The molecular weight excluding hydrogens is 244 g/mol. The molecule has 0 spiro atoms. The van der Waals surface area contributed by atoms with E-state index in [9.17, 15) is 19.8 Å². The summed E-state index contributed by atoms with van der Waals surface area (Å²) in [6.45, 7) is 3.20. The molecule has 4 nitrogen and oxygen atoms in total. The highest BCUT2D eigenvalue weighted by molar-refractivity contribution is 6.07. The molecule has 2 N–H and O–H groups in total. The quantitative estimate of drug-likeness (QED) is 0.325. The number of unbranched alkanes of at least 4 members (excludes halogenated alkanes) is 8. The lowest BCUT2D eigenvalue weighted by Crippen LogP contribution is -2.45. The second-order valence-electron chi connectivity index (χ2n) is 5.23. The molecule has 0 unspecified atom stereocenters. The number of carbonyl (C=O) groups excluding carboxylic acids is 2. The fourth-order valence-electron chi connectivity index (χ4n) is 1.97. The van der Waals surface area contributed by atoms with Gasteiger partial charge in [0.25, 0.3) is 5.79 Å². The van der Waals surface area contributed by atoms with Crippen LogP contribution in [0.25, 0.3) is 0 Å². The van der Waals surface area contributed by atoms with Gasteiger partial charge in [-0.1, -0.05) is 58.3 Å². The van der Waals surface area contributed by atoms with E-state index in [1.54, 1.807) is 0 Å². The van der Waals surface area contributed by atoms with Crippen LogP contribution in [0.5, 0.6) is 0 Å². The van der Waals surface area contributed by atoms with Crippen LogP contribution in [-0.4, -0.2) is 27.6 Å². The summed E-state index contributed by atoms with van der Waals surface area (Å²) in [7, 11) is 0. The number of rotatable bonds is 12. The lowest BCUT2D eigenvalue weighted by Gasteiger charge is -2.16. The summed E-state index contributed by atoms with van der Waals surface area (Å²) in [5.41, 5.74) is 0. The van der Waals surface area contributed by atoms with Crippen molar-refractivity contribution in [1.29, 1.82) is 0 Å². The van der Waals surface area contributed by atoms with Gasteiger partial charge < -0.3 is 10.2 Å². The normalized spacial score (nSPS) is 11.6. The monoisotopic (exact) mass is 272 g/mol. The van der Waals surface area contributed by atoms with Gasteiger partial charge in [-0.15, -0.1) is 0 Å². The van der Waals surface area contributed by atoms with Gasteiger partial charge in [-0.3, -0.25) is 9.59 Å². The minimum Gasteiger partial charge on any atom is -0.354 e. The molecule has 0 bridgehead atoms. The third-order valence-corrected chi connectivity index (χ3v) is 3.39. The van der Waals surface area contributed by atoms with Crippen molar-refractivity contribution in [3.05, 3.63) is 0 Å². The van der Waals surface area contributed by atoms with Crippen LogP contribution >= 0.6 is 0 Å². The molecule has 0 heterocycles. The molecular formula is C15H28O4. The van der Waals surface area contributed by atoms with Crippen molar-refractivity contribution in [3.63, 3.8) is 0 Å². The zero-order valence-electron chi connectivity index (χ0n) is 12.3. The molecule has 19 heavy (non-hydrogen) atoms. The van der Waals surface area contributed by atoms with Crippen LogP contribution in [0.2, 0.25) is 0 Å². The fraction of sp³-hybridized carbons (Fsp3) is 0.867. The molecule has 0 fully saturated rings. The topological polar surface area (TPSA) is 74.6 Å². The van der Waals surface area contributed by atoms with Gasteiger partial charge in [-0.2, -0.15) is 0 Å². The van der Waals surface area contributed by atoms with Gasteiger partial charge in [-0.05, 0) is 6.42 Å². The van der Waals surface area contributed by atoms with Crippen LogP contribution in [0.15, 0.2) is 0 Å². The Hall–Kier alpha value is -0.740. The van der Waals surface area contributed by atoms with E-state index in [-0.39, 0.29) is 6.42 Å². The highest BCUT2D eigenvalue weighted by Gasteiger charge is 2.37. The Bertz CT molecular complexity index is 271. The summed E-state index contributed by atoms with van der Waals surface area (Å²) < 4.78 is 0. The molecule has 4 heteroatoms. The maximum atomic E-state index is 11.4. The number of hydrogen-bond donors (Lipinski definition) is 2. The highest BCUT2D eigenvalue weighted by atomic mass is 16.5. The molecule has 0 radical (unpaired) electrons. The van der Waals surface area contributed by atoms with Gasteiger partial charge >= 0.3 is 0 Å². The molecule has 0 aromatic carbocycles. The standard InChI is InChI=1S/C15H28O4/c1-3-4-5-6-7-8-9-10-11-12-14(17)15(18,19)13(2)16/h18-19H,3-12H2,1-2H3.